The third-order valence-electron chi connectivity index (χ3n) is 1.25. The molecule has 0 aromatic carbocycles. The molecule has 0 saturated carbocycles. The molecule has 0 aromatic heterocycles. The second kappa shape index (κ2) is 4.40. The molecule has 0 rings (SSSR count). The Balaban J connectivity index is 4.02. The van der Waals surface area contributed by atoms with Gasteiger partial charge in [-0.2, -0.15) is 0 Å². The van der Waals surface area contributed by atoms with Crippen molar-refractivity contribution in [2.24, 2.45) is 0 Å². The molecule has 0 radical (unpaired) electrons. The molecule has 0 fully saturated rings. The molecule has 5 heteroatoms. The maximum absolute atomic E-state index is 10.7. The number of aliphatic hydroxyl groups excluding tert-OH is 4. The van der Waals surface area contributed by atoms with Crippen LogP contribution in [0.4, 0.5) is 0 Å². The van der Waals surface area contributed by atoms with Gasteiger partial charge in [-0.1, -0.05) is 0 Å². The third-order valence-corrected chi connectivity index (χ3v) is 1.25. The molecule has 0 aliphatic rings. The fourth-order valence-corrected chi connectivity index (χ4v) is 0.525. The first-order valence-corrected chi connectivity index (χ1v) is 3.19. The molecule has 66 valence electrons. The van der Waals surface area contributed by atoms with Gasteiger partial charge in [0.1, 0.15) is 12.2 Å². The van der Waals surface area contributed by atoms with E-state index in [1.165, 1.54) is 6.92 Å². The van der Waals surface area contributed by atoms with E-state index in [0.29, 0.717) is 0 Å². The van der Waals surface area contributed by atoms with Crippen molar-refractivity contribution in [1.82, 2.24) is 0 Å². The predicted octanol–water partition coefficient (Wildman–Crippen LogP) is -2.35. The minimum absolute atomic E-state index is 0.747. The van der Waals surface area contributed by atoms with Gasteiger partial charge in [-0.15, -0.1) is 0 Å². The van der Waals surface area contributed by atoms with E-state index in [1.807, 2.05) is 0 Å². The molecule has 4 N–H and O–H groups in total. The molecule has 0 amide bonds. The van der Waals surface area contributed by atoms with Crippen LogP contribution >= 0.6 is 0 Å². The van der Waals surface area contributed by atoms with E-state index in [1.54, 1.807) is 0 Å². The van der Waals surface area contributed by atoms with Crippen molar-refractivity contribution >= 4 is 5.78 Å². The number of ketones is 1. The van der Waals surface area contributed by atoms with Gasteiger partial charge in [0, 0.05) is 0 Å². The number of hydrogen-bond donors (Lipinski definition) is 4. The van der Waals surface area contributed by atoms with E-state index in [2.05, 4.69) is 0 Å². The molecule has 5 nitrogen and oxygen atoms in total. The highest BCUT2D eigenvalue weighted by Gasteiger charge is 2.26. The first-order chi connectivity index (χ1) is 5.00. The second-order valence-electron chi connectivity index (χ2n) is 2.29. The topological polar surface area (TPSA) is 98.0 Å². The van der Waals surface area contributed by atoms with Crippen LogP contribution in [0.2, 0.25) is 0 Å². The zero-order valence-corrected chi connectivity index (χ0v) is 6.14. The van der Waals surface area contributed by atoms with Crippen LogP contribution in [-0.2, 0) is 4.79 Å². The standard InChI is InChI=1S/C6H12O5/c1-3(8)5(10)6(11)4(9)2-7/h3-5,7-10H,2H2,1H3/t3?,4?,5-/m1/s1. The molecule has 0 aliphatic carbocycles. The Hall–Kier alpha value is -0.490. The summed E-state index contributed by atoms with van der Waals surface area (Å²) >= 11 is 0. The molecule has 0 heterocycles. The zero-order chi connectivity index (χ0) is 9.02. The SMILES string of the molecule is CC(O)[C@@H](O)C(=O)C(O)CO. The summed E-state index contributed by atoms with van der Waals surface area (Å²) in [5, 5.41) is 34.4. The Kier molecular flexibility index (Phi) is 4.20. The smallest absolute Gasteiger partial charge is 0.194 e. The van der Waals surface area contributed by atoms with Crippen LogP contribution in [-0.4, -0.2) is 51.1 Å². The summed E-state index contributed by atoms with van der Waals surface area (Å²) in [5.41, 5.74) is 0. The van der Waals surface area contributed by atoms with Crippen LogP contribution in [0.3, 0.4) is 0 Å². The summed E-state index contributed by atoms with van der Waals surface area (Å²) in [5.74, 6) is -0.970. The van der Waals surface area contributed by atoms with Crippen LogP contribution in [0.5, 0.6) is 0 Å². The Morgan fingerprint density at radius 1 is 1.36 bits per heavy atom. The molecule has 0 bridgehead atoms. The first kappa shape index (κ1) is 10.5. The van der Waals surface area contributed by atoms with Crippen molar-refractivity contribution in [1.29, 1.82) is 0 Å². The van der Waals surface area contributed by atoms with Crippen LogP contribution < -0.4 is 0 Å². The van der Waals surface area contributed by atoms with Crippen molar-refractivity contribution in [2.45, 2.75) is 25.2 Å². The van der Waals surface area contributed by atoms with Crippen LogP contribution in [0.1, 0.15) is 6.92 Å². The summed E-state index contributed by atoms with van der Waals surface area (Å²) < 4.78 is 0. The van der Waals surface area contributed by atoms with E-state index >= 15 is 0 Å². The van der Waals surface area contributed by atoms with E-state index in [4.69, 9.17) is 20.4 Å². The average Bonchev–Trinajstić information content (AvgIpc) is 2.00. The molecule has 3 atom stereocenters. The molecular formula is C6H12O5. The molecule has 2 unspecified atom stereocenters. The number of carbonyl (C=O) groups excluding carboxylic acids is 1. The largest absolute Gasteiger partial charge is 0.393 e. The minimum atomic E-state index is -1.63. The van der Waals surface area contributed by atoms with Crippen LogP contribution in [0.25, 0.3) is 0 Å². The lowest BCUT2D eigenvalue weighted by Crippen LogP contribution is -2.40. The summed E-state index contributed by atoms with van der Waals surface area (Å²) in [4.78, 5) is 10.7. The van der Waals surface area contributed by atoms with Crippen molar-refractivity contribution in [3.8, 4) is 0 Å². The van der Waals surface area contributed by atoms with Gasteiger partial charge in [0.2, 0.25) is 0 Å². The third kappa shape index (κ3) is 2.94. The lowest BCUT2D eigenvalue weighted by molar-refractivity contribution is -0.142. The van der Waals surface area contributed by atoms with E-state index in [0.717, 1.165) is 0 Å². The molecule has 0 aromatic rings. The molecule has 0 aliphatic heterocycles. The van der Waals surface area contributed by atoms with Crippen molar-refractivity contribution in [2.75, 3.05) is 6.61 Å². The van der Waals surface area contributed by atoms with Crippen molar-refractivity contribution < 1.29 is 25.2 Å². The highest BCUT2D eigenvalue weighted by molar-refractivity contribution is 5.87. The quantitative estimate of drug-likeness (QED) is 0.373. The van der Waals surface area contributed by atoms with Gasteiger partial charge in [-0.3, -0.25) is 4.79 Å². The first-order valence-electron chi connectivity index (χ1n) is 3.19. The molecule has 0 spiro atoms. The van der Waals surface area contributed by atoms with Crippen molar-refractivity contribution in [3.05, 3.63) is 0 Å². The number of hydrogen-bond acceptors (Lipinski definition) is 5. The van der Waals surface area contributed by atoms with Crippen molar-refractivity contribution in [3.63, 3.8) is 0 Å². The lowest BCUT2D eigenvalue weighted by atomic mass is 10.1. The Morgan fingerprint density at radius 3 is 2.09 bits per heavy atom. The Bertz CT molecular complexity index is 133. The van der Waals surface area contributed by atoms with Gasteiger partial charge in [0.15, 0.2) is 5.78 Å². The molecule has 11 heavy (non-hydrogen) atoms. The molecular weight excluding hydrogens is 152 g/mol. The van der Waals surface area contributed by atoms with Gasteiger partial charge in [-0.05, 0) is 6.92 Å². The van der Waals surface area contributed by atoms with Gasteiger partial charge < -0.3 is 20.4 Å². The number of aliphatic hydroxyl groups is 4. The summed E-state index contributed by atoms with van der Waals surface area (Å²) in [7, 11) is 0. The van der Waals surface area contributed by atoms with Crippen LogP contribution in [0.15, 0.2) is 0 Å². The van der Waals surface area contributed by atoms with Gasteiger partial charge >= 0.3 is 0 Å². The van der Waals surface area contributed by atoms with Gasteiger partial charge in [0.25, 0.3) is 0 Å². The lowest BCUT2D eigenvalue weighted by Gasteiger charge is -2.14. The fourth-order valence-electron chi connectivity index (χ4n) is 0.525. The van der Waals surface area contributed by atoms with E-state index in [-0.39, 0.29) is 0 Å². The summed E-state index contributed by atoms with van der Waals surface area (Å²) in [6.07, 6.45) is -4.47. The number of rotatable bonds is 4. The second-order valence-corrected chi connectivity index (χ2v) is 2.29. The Morgan fingerprint density at radius 2 is 1.82 bits per heavy atom. The van der Waals surface area contributed by atoms with E-state index in [9.17, 15) is 4.79 Å². The highest BCUT2D eigenvalue weighted by atomic mass is 16.4. The average molecular weight is 164 g/mol. The number of carbonyl (C=O) groups is 1. The minimum Gasteiger partial charge on any atom is -0.393 e. The maximum Gasteiger partial charge on any atom is 0.194 e. The Labute approximate surface area is 63.9 Å². The van der Waals surface area contributed by atoms with E-state index < -0.39 is 30.7 Å². The highest BCUT2D eigenvalue weighted by Crippen LogP contribution is 1.97. The van der Waals surface area contributed by atoms with Crippen LogP contribution in [0, 0.1) is 0 Å². The molecule has 0 saturated heterocycles. The fraction of sp³-hybridized carbons (Fsp3) is 0.833. The van der Waals surface area contributed by atoms with Gasteiger partial charge in [0.05, 0.1) is 12.7 Å². The van der Waals surface area contributed by atoms with Gasteiger partial charge in [-0.25, -0.2) is 0 Å². The maximum atomic E-state index is 10.7. The zero-order valence-electron chi connectivity index (χ0n) is 6.14. The predicted molar refractivity (Wildman–Crippen MR) is 35.8 cm³/mol. The monoisotopic (exact) mass is 164 g/mol. The summed E-state index contributed by atoms with van der Waals surface area (Å²) in [6, 6.07) is 0. The normalized spacial score (nSPS) is 19.0. The summed E-state index contributed by atoms with van der Waals surface area (Å²) in [6.45, 7) is 0.468. The number of Topliss-reactive ketones (excluding diaryl/α,β-unsaturated/α-hetero) is 1.